The highest BCUT2D eigenvalue weighted by Gasteiger charge is 2.08. The van der Waals surface area contributed by atoms with E-state index in [4.69, 9.17) is 5.11 Å². The quantitative estimate of drug-likeness (QED) is 0.747. The molecule has 0 aliphatic carbocycles. The predicted molar refractivity (Wildman–Crippen MR) is 68.2 cm³/mol. The Morgan fingerprint density at radius 1 is 1.38 bits per heavy atom. The molecular weight excluding hydrogens is 270 g/mol. The van der Waals surface area contributed by atoms with Gasteiger partial charge in [-0.15, -0.1) is 0 Å². The Morgan fingerprint density at radius 3 is 2.75 bits per heavy atom. The van der Waals surface area contributed by atoms with Crippen molar-refractivity contribution in [1.29, 1.82) is 0 Å². The number of benzene rings is 1. The van der Waals surface area contributed by atoms with Crippen molar-refractivity contribution in [3.8, 4) is 0 Å². The number of aliphatic hydroxyl groups excluding tert-OH is 2. The molecule has 0 amide bonds. The second kappa shape index (κ2) is 7.01. The standard InChI is InChI=1S/C12H18BrNO2/c1-9(8-15)6-14-7-12(16)10-3-2-4-11(13)5-10/h2-5,9,12,14-16H,6-8H2,1H3. The Bertz CT molecular complexity index is 320. The smallest absolute Gasteiger partial charge is 0.0914 e. The van der Waals surface area contributed by atoms with E-state index in [1.165, 1.54) is 0 Å². The minimum atomic E-state index is -0.511. The van der Waals surface area contributed by atoms with E-state index in [0.29, 0.717) is 13.1 Å². The van der Waals surface area contributed by atoms with E-state index in [-0.39, 0.29) is 12.5 Å². The van der Waals surface area contributed by atoms with Gasteiger partial charge in [0.25, 0.3) is 0 Å². The van der Waals surface area contributed by atoms with Crippen molar-refractivity contribution in [3.05, 3.63) is 34.3 Å². The summed E-state index contributed by atoms with van der Waals surface area (Å²) in [6.07, 6.45) is -0.511. The Hall–Kier alpha value is -0.420. The number of aliphatic hydroxyl groups is 2. The first kappa shape index (κ1) is 13.6. The minimum Gasteiger partial charge on any atom is -0.396 e. The average Bonchev–Trinajstić information content (AvgIpc) is 2.28. The second-order valence-electron chi connectivity index (χ2n) is 4.02. The normalized spacial score (nSPS) is 14.8. The summed E-state index contributed by atoms with van der Waals surface area (Å²) in [5, 5.41) is 21.9. The first-order valence-corrected chi connectivity index (χ1v) is 6.18. The van der Waals surface area contributed by atoms with Crippen LogP contribution in [-0.4, -0.2) is 29.9 Å². The summed E-state index contributed by atoms with van der Waals surface area (Å²) in [5.41, 5.74) is 0.888. The summed E-state index contributed by atoms with van der Waals surface area (Å²) in [6.45, 7) is 3.33. The molecule has 4 heteroatoms. The van der Waals surface area contributed by atoms with Gasteiger partial charge in [-0.3, -0.25) is 0 Å². The molecule has 1 rings (SSSR count). The van der Waals surface area contributed by atoms with Gasteiger partial charge < -0.3 is 15.5 Å². The van der Waals surface area contributed by atoms with Gasteiger partial charge in [0.15, 0.2) is 0 Å². The molecule has 0 fully saturated rings. The maximum absolute atomic E-state index is 9.88. The zero-order valence-corrected chi connectivity index (χ0v) is 10.9. The summed E-state index contributed by atoms with van der Waals surface area (Å²) in [6, 6.07) is 7.63. The second-order valence-corrected chi connectivity index (χ2v) is 4.93. The van der Waals surface area contributed by atoms with E-state index in [0.717, 1.165) is 10.0 Å². The van der Waals surface area contributed by atoms with E-state index < -0.39 is 6.10 Å². The van der Waals surface area contributed by atoms with Crippen LogP contribution in [0.3, 0.4) is 0 Å². The van der Waals surface area contributed by atoms with Crippen LogP contribution in [0.2, 0.25) is 0 Å². The van der Waals surface area contributed by atoms with Gasteiger partial charge in [-0.1, -0.05) is 35.0 Å². The molecule has 3 nitrogen and oxygen atoms in total. The van der Waals surface area contributed by atoms with Gasteiger partial charge in [-0.25, -0.2) is 0 Å². The van der Waals surface area contributed by atoms with Crippen LogP contribution >= 0.6 is 15.9 Å². The van der Waals surface area contributed by atoms with Gasteiger partial charge in [0.1, 0.15) is 0 Å². The topological polar surface area (TPSA) is 52.5 Å². The third-order valence-electron chi connectivity index (χ3n) is 2.38. The number of nitrogens with one attached hydrogen (secondary N) is 1. The van der Waals surface area contributed by atoms with Crippen LogP contribution in [-0.2, 0) is 0 Å². The Morgan fingerprint density at radius 2 is 2.12 bits per heavy atom. The molecule has 0 radical (unpaired) electrons. The largest absolute Gasteiger partial charge is 0.396 e. The van der Waals surface area contributed by atoms with Crippen LogP contribution in [0.25, 0.3) is 0 Å². The highest BCUT2D eigenvalue weighted by Crippen LogP contribution is 2.17. The van der Waals surface area contributed by atoms with Gasteiger partial charge in [0.05, 0.1) is 6.10 Å². The maximum Gasteiger partial charge on any atom is 0.0914 e. The summed E-state index contributed by atoms with van der Waals surface area (Å²) < 4.78 is 0.966. The third-order valence-corrected chi connectivity index (χ3v) is 2.87. The number of hydrogen-bond donors (Lipinski definition) is 3. The molecule has 1 aromatic rings. The van der Waals surface area contributed by atoms with Crippen LogP contribution in [0.5, 0.6) is 0 Å². The maximum atomic E-state index is 9.88. The number of hydrogen-bond acceptors (Lipinski definition) is 3. The molecular formula is C12H18BrNO2. The lowest BCUT2D eigenvalue weighted by atomic mass is 10.1. The van der Waals surface area contributed by atoms with Gasteiger partial charge in [0, 0.05) is 17.6 Å². The van der Waals surface area contributed by atoms with Crippen LogP contribution in [0.1, 0.15) is 18.6 Å². The van der Waals surface area contributed by atoms with Gasteiger partial charge in [-0.05, 0) is 30.2 Å². The summed E-state index contributed by atoms with van der Waals surface area (Å²) in [4.78, 5) is 0. The molecule has 2 unspecified atom stereocenters. The first-order valence-electron chi connectivity index (χ1n) is 5.38. The van der Waals surface area contributed by atoms with Crippen molar-refractivity contribution in [2.45, 2.75) is 13.0 Å². The molecule has 16 heavy (non-hydrogen) atoms. The Labute approximate surface area is 105 Å². The molecule has 0 aromatic heterocycles. The van der Waals surface area contributed by atoms with Crippen molar-refractivity contribution in [1.82, 2.24) is 5.32 Å². The molecule has 0 heterocycles. The third kappa shape index (κ3) is 4.61. The summed E-state index contributed by atoms with van der Waals surface area (Å²) in [5.74, 6) is 0.217. The molecule has 0 aliphatic rings. The van der Waals surface area contributed by atoms with Gasteiger partial charge in [0.2, 0.25) is 0 Å². The van der Waals surface area contributed by atoms with Crippen LogP contribution in [0, 0.1) is 5.92 Å². The average molecular weight is 288 g/mol. The fourth-order valence-corrected chi connectivity index (χ4v) is 1.78. The van der Waals surface area contributed by atoms with Gasteiger partial charge in [-0.2, -0.15) is 0 Å². The molecule has 90 valence electrons. The van der Waals surface area contributed by atoms with Crippen molar-refractivity contribution >= 4 is 15.9 Å². The zero-order valence-electron chi connectivity index (χ0n) is 9.36. The fraction of sp³-hybridized carbons (Fsp3) is 0.500. The zero-order chi connectivity index (χ0) is 12.0. The van der Waals surface area contributed by atoms with Crippen molar-refractivity contribution in [3.63, 3.8) is 0 Å². The number of halogens is 1. The molecule has 0 bridgehead atoms. The van der Waals surface area contributed by atoms with Crippen molar-refractivity contribution in [2.24, 2.45) is 5.92 Å². The molecule has 0 aliphatic heterocycles. The monoisotopic (exact) mass is 287 g/mol. The molecule has 1 aromatic carbocycles. The highest BCUT2D eigenvalue weighted by atomic mass is 79.9. The molecule has 3 N–H and O–H groups in total. The van der Waals surface area contributed by atoms with Crippen LogP contribution in [0.15, 0.2) is 28.7 Å². The Balaban J connectivity index is 2.38. The predicted octanol–water partition coefficient (Wildman–Crippen LogP) is 1.70. The summed E-state index contributed by atoms with van der Waals surface area (Å²) >= 11 is 3.37. The van der Waals surface area contributed by atoms with Crippen LogP contribution < -0.4 is 5.32 Å². The lowest BCUT2D eigenvalue weighted by Crippen LogP contribution is -2.27. The summed E-state index contributed by atoms with van der Waals surface area (Å²) in [7, 11) is 0. The van der Waals surface area contributed by atoms with E-state index in [1.807, 2.05) is 31.2 Å². The van der Waals surface area contributed by atoms with Crippen molar-refractivity contribution < 1.29 is 10.2 Å². The lowest BCUT2D eigenvalue weighted by Gasteiger charge is -2.14. The van der Waals surface area contributed by atoms with E-state index in [9.17, 15) is 5.11 Å². The number of rotatable bonds is 6. The highest BCUT2D eigenvalue weighted by molar-refractivity contribution is 9.10. The molecule has 2 atom stereocenters. The van der Waals surface area contributed by atoms with Gasteiger partial charge >= 0.3 is 0 Å². The SMILES string of the molecule is CC(CO)CNCC(O)c1cccc(Br)c1. The first-order chi connectivity index (χ1) is 7.63. The van der Waals surface area contributed by atoms with E-state index in [1.54, 1.807) is 0 Å². The molecule has 0 saturated heterocycles. The molecule has 0 saturated carbocycles. The minimum absolute atomic E-state index is 0.167. The Kier molecular flexibility index (Phi) is 5.98. The molecule has 0 spiro atoms. The van der Waals surface area contributed by atoms with Crippen LogP contribution in [0.4, 0.5) is 0 Å². The fourth-order valence-electron chi connectivity index (χ4n) is 1.36. The van der Waals surface area contributed by atoms with E-state index in [2.05, 4.69) is 21.2 Å². The van der Waals surface area contributed by atoms with E-state index >= 15 is 0 Å². The lowest BCUT2D eigenvalue weighted by molar-refractivity contribution is 0.168. The van der Waals surface area contributed by atoms with Crippen molar-refractivity contribution in [2.75, 3.05) is 19.7 Å².